The van der Waals surface area contributed by atoms with E-state index in [1.54, 1.807) is 18.2 Å². The molecular formula is C15H20Cl2N3O+. The van der Waals surface area contributed by atoms with Gasteiger partial charge in [0.1, 0.15) is 0 Å². The molecule has 2 bridgehead atoms. The number of nitrogens with one attached hydrogen (secondary N) is 1. The summed E-state index contributed by atoms with van der Waals surface area (Å²) in [6.07, 6.45) is 0. The fraction of sp³-hybridized carbons (Fsp3) is 0.533. The first-order valence-corrected chi connectivity index (χ1v) is 8.10. The molecule has 0 radical (unpaired) electrons. The molecule has 0 aromatic heterocycles. The van der Waals surface area contributed by atoms with Gasteiger partial charge >= 0.3 is 0 Å². The van der Waals surface area contributed by atoms with Gasteiger partial charge in [0, 0.05) is 24.7 Å². The van der Waals surface area contributed by atoms with E-state index in [1.807, 2.05) is 6.92 Å². The smallest absolute Gasteiger partial charge is 0.282 e. The molecular weight excluding hydrogens is 309 g/mol. The van der Waals surface area contributed by atoms with Crippen molar-refractivity contribution in [2.75, 3.05) is 44.6 Å². The van der Waals surface area contributed by atoms with Gasteiger partial charge in [-0.25, -0.2) is 0 Å². The van der Waals surface area contributed by atoms with Crippen molar-refractivity contribution in [3.05, 3.63) is 28.2 Å². The summed E-state index contributed by atoms with van der Waals surface area (Å²) in [6, 6.07) is 5.08. The van der Waals surface area contributed by atoms with Crippen LogP contribution in [0.15, 0.2) is 18.2 Å². The Labute approximate surface area is 135 Å². The van der Waals surface area contributed by atoms with Crippen molar-refractivity contribution >= 4 is 34.8 Å². The van der Waals surface area contributed by atoms with Crippen LogP contribution in [0.5, 0.6) is 0 Å². The molecule has 1 aromatic rings. The van der Waals surface area contributed by atoms with Gasteiger partial charge in [-0.1, -0.05) is 23.2 Å². The van der Waals surface area contributed by atoms with Crippen molar-refractivity contribution in [3.8, 4) is 0 Å². The highest BCUT2D eigenvalue weighted by Crippen LogP contribution is 2.28. The number of piperazine rings is 3. The molecule has 0 saturated carbocycles. The summed E-state index contributed by atoms with van der Waals surface area (Å²) in [6.45, 7) is 8.49. The Kier molecular flexibility index (Phi) is 4.14. The van der Waals surface area contributed by atoms with Crippen LogP contribution in [-0.2, 0) is 4.79 Å². The number of amides is 1. The van der Waals surface area contributed by atoms with Crippen molar-refractivity contribution < 1.29 is 9.28 Å². The predicted octanol–water partition coefficient (Wildman–Crippen LogP) is 2.47. The molecule has 0 spiro atoms. The number of halogens is 2. The van der Waals surface area contributed by atoms with Gasteiger partial charge < -0.3 is 9.80 Å². The molecule has 0 unspecified atom stereocenters. The Morgan fingerprint density at radius 1 is 1.24 bits per heavy atom. The Hall–Kier alpha value is -0.810. The van der Waals surface area contributed by atoms with E-state index in [1.165, 1.54) is 0 Å². The fourth-order valence-electron chi connectivity index (χ4n) is 3.35. The summed E-state index contributed by atoms with van der Waals surface area (Å²) < 4.78 is 0.896. The number of hydrogen-bond donors (Lipinski definition) is 1. The van der Waals surface area contributed by atoms with Crippen LogP contribution in [0, 0.1) is 0 Å². The molecule has 1 aromatic carbocycles. The maximum atomic E-state index is 12.6. The molecule has 3 aliphatic rings. The van der Waals surface area contributed by atoms with Crippen LogP contribution in [0.4, 0.5) is 5.69 Å². The number of rotatable bonds is 3. The van der Waals surface area contributed by atoms with Crippen molar-refractivity contribution in [3.63, 3.8) is 0 Å². The van der Waals surface area contributed by atoms with Gasteiger partial charge in [-0.15, -0.1) is 0 Å². The first-order valence-electron chi connectivity index (χ1n) is 7.34. The molecule has 114 valence electrons. The van der Waals surface area contributed by atoms with Crippen LogP contribution in [-0.4, -0.2) is 60.6 Å². The van der Waals surface area contributed by atoms with Gasteiger partial charge in [0.2, 0.25) is 0 Å². The molecule has 1 amide bonds. The Morgan fingerprint density at radius 3 is 2.43 bits per heavy atom. The highest BCUT2D eigenvalue weighted by molar-refractivity contribution is 6.36. The number of carbonyl (C=O) groups is 1. The normalized spacial score (nSPS) is 29.2. The highest BCUT2D eigenvalue weighted by atomic mass is 35.5. The van der Waals surface area contributed by atoms with Crippen LogP contribution in [0.1, 0.15) is 6.92 Å². The van der Waals surface area contributed by atoms with E-state index >= 15 is 0 Å². The third-order valence-electron chi connectivity index (χ3n) is 4.97. The maximum absolute atomic E-state index is 12.6. The summed E-state index contributed by atoms with van der Waals surface area (Å²) in [5.41, 5.74) is 0.631. The van der Waals surface area contributed by atoms with Crippen molar-refractivity contribution in [2.45, 2.75) is 13.0 Å². The third-order valence-corrected chi connectivity index (χ3v) is 5.52. The van der Waals surface area contributed by atoms with E-state index in [0.717, 1.165) is 43.8 Å². The monoisotopic (exact) mass is 328 g/mol. The van der Waals surface area contributed by atoms with E-state index in [0.29, 0.717) is 15.7 Å². The molecule has 1 N–H and O–H groups in total. The zero-order valence-corrected chi connectivity index (χ0v) is 13.6. The van der Waals surface area contributed by atoms with Gasteiger partial charge in [-0.2, -0.15) is 0 Å². The van der Waals surface area contributed by atoms with Crippen LogP contribution in [0.3, 0.4) is 0 Å². The minimum atomic E-state index is -0.0563. The standard InChI is InChI=1S/C15H19Cl2N3O/c1-11(20-7-4-19(5-8-20)6-9-20)15(21)18-14-3-2-12(16)10-13(14)17/h2-3,10-11H,4-9H2,1H3/p+1/t11-/m1/s1. The first-order chi connectivity index (χ1) is 10.00. The van der Waals surface area contributed by atoms with E-state index in [4.69, 9.17) is 23.2 Å². The Balaban J connectivity index is 1.72. The zero-order chi connectivity index (χ0) is 15.0. The fourth-order valence-corrected chi connectivity index (χ4v) is 3.81. The lowest BCUT2D eigenvalue weighted by atomic mass is 10.1. The van der Waals surface area contributed by atoms with Crippen molar-refractivity contribution in [1.29, 1.82) is 0 Å². The topological polar surface area (TPSA) is 32.3 Å². The molecule has 3 aliphatic heterocycles. The predicted molar refractivity (Wildman–Crippen MR) is 85.9 cm³/mol. The SMILES string of the molecule is C[C@H](C(=O)Nc1ccc(Cl)cc1Cl)[N+]12CCN(CC1)CC2. The van der Waals surface area contributed by atoms with Crippen molar-refractivity contribution in [2.24, 2.45) is 0 Å². The average molecular weight is 329 g/mol. The largest absolute Gasteiger partial charge is 0.320 e. The number of hydrogen-bond acceptors (Lipinski definition) is 2. The van der Waals surface area contributed by atoms with E-state index in [9.17, 15) is 4.79 Å². The molecule has 1 atom stereocenters. The second kappa shape index (κ2) is 5.76. The van der Waals surface area contributed by atoms with Gasteiger partial charge in [-0.05, 0) is 25.1 Å². The van der Waals surface area contributed by atoms with Crippen LogP contribution in [0.25, 0.3) is 0 Å². The molecule has 4 rings (SSSR count). The molecule has 3 fully saturated rings. The molecule has 3 saturated heterocycles. The highest BCUT2D eigenvalue weighted by Gasteiger charge is 2.45. The number of fused-ring (bicyclic) bond motifs is 3. The number of carbonyl (C=O) groups excluding carboxylic acids is 1. The molecule has 0 aliphatic carbocycles. The zero-order valence-electron chi connectivity index (χ0n) is 12.1. The van der Waals surface area contributed by atoms with Gasteiger partial charge in [0.15, 0.2) is 6.04 Å². The molecule has 6 heteroatoms. The summed E-state index contributed by atoms with van der Waals surface area (Å²) >= 11 is 12.0. The molecule has 3 heterocycles. The van der Waals surface area contributed by atoms with Crippen molar-refractivity contribution in [1.82, 2.24) is 4.90 Å². The quantitative estimate of drug-likeness (QED) is 0.864. The van der Waals surface area contributed by atoms with Gasteiger partial charge in [0.25, 0.3) is 5.91 Å². The van der Waals surface area contributed by atoms with Crippen LogP contribution >= 0.6 is 23.2 Å². The number of anilines is 1. The van der Waals surface area contributed by atoms with E-state index in [2.05, 4.69) is 10.2 Å². The summed E-state index contributed by atoms with van der Waals surface area (Å²) in [5.74, 6) is 0.0366. The lowest BCUT2D eigenvalue weighted by Crippen LogP contribution is -2.72. The Morgan fingerprint density at radius 2 is 1.86 bits per heavy atom. The molecule has 21 heavy (non-hydrogen) atoms. The maximum Gasteiger partial charge on any atom is 0.282 e. The number of quaternary nitrogens is 1. The minimum absolute atomic E-state index is 0.0366. The number of nitrogens with zero attached hydrogens (tertiary/aromatic N) is 2. The van der Waals surface area contributed by atoms with Gasteiger partial charge in [-0.3, -0.25) is 9.69 Å². The summed E-state index contributed by atoms with van der Waals surface area (Å²) in [4.78, 5) is 15.1. The average Bonchev–Trinajstić information content (AvgIpc) is 2.51. The van der Waals surface area contributed by atoms with Crippen LogP contribution < -0.4 is 5.32 Å². The van der Waals surface area contributed by atoms with Gasteiger partial charge in [0.05, 0.1) is 30.3 Å². The lowest BCUT2D eigenvalue weighted by Gasteiger charge is -2.52. The second-order valence-electron chi connectivity index (χ2n) is 6.02. The minimum Gasteiger partial charge on any atom is -0.320 e. The van der Waals surface area contributed by atoms with E-state index < -0.39 is 0 Å². The Bertz CT molecular complexity index is 542. The van der Waals surface area contributed by atoms with Crippen LogP contribution in [0.2, 0.25) is 10.0 Å². The number of benzene rings is 1. The summed E-state index contributed by atoms with van der Waals surface area (Å²) in [5, 5.41) is 4.00. The van der Waals surface area contributed by atoms with E-state index in [-0.39, 0.29) is 11.9 Å². The third kappa shape index (κ3) is 2.90. The first kappa shape index (κ1) is 15.1. The second-order valence-corrected chi connectivity index (χ2v) is 6.86. The lowest BCUT2D eigenvalue weighted by molar-refractivity contribution is -0.953. The molecule has 4 nitrogen and oxygen atoms in total. The summed E-state index contributed by atoms with van der Waals surface area (Å²) in [7, 11) is 0.